The Morgan fingerprint density at radius 2 is 2.00 bits per heavy atom. The van der Waals surface area contributed by atoms with E-state index in [4.69, 9.17) is 0 Å². The Hall–Kier alpha value is 0.270. The SMILES string of the molecule is OCC1CCCCCN1CC1(CS)CCC1. The molecule has 2 fully saturated rings. The Morgan fingerprint density at radius 1 is 1.19 bits per heavy atom. The molecule has 1 aliphatic carbocycles. The third kappa shape index (κ3) is 2.74. The van der Waals surface area contributed by atoms with Crippen molar-refractivity contribution >= 4 is 12.6 Å². The Kier molecular flexibility index (Phi) is 4.57. The van der Waals surface area contributed by atoms with Crippen molar-refractivity contribution < 1.29 is 5.11 Å². The zero-order valence-corrected chi connectivity index (χ0v) is 11.1. The molecule has 2 nitrogen and oxygen atoms in total. The number of hydrogen-bond acceptors (Lipinski definition) is 3. The molecule has 0 amide bonds. The second-order valence-corrected chi connectivity index (χ2v) is 5.98. The van der Waals surface area contributed by atoms with E-state index in [0.717, 1.165) is 5.75 Å². The number of thiol groups is 1. The molecule has 1 N–H and O–H groups in total. The van der Waals surface area contributed by atoms with Crippen molar-refractivity contribution in [2.24, 2.45) is 5.41 Å². The molecule has 94 valence electrons. The van der Waals surface area contributed by atoms with Gasteiger partial charge < -0.3 is 5.11 Å². The van der Waals surface area contributed by atoms with Crippen LogP contribution in [0.1, 0.15) is 44.9 Å². The lowest BCUT2D eigenvalue weighted by atomic mass is 9.69. The number of aliphatic hydroxyl groups is 1. The van der Waals surface area contributed by atoms with Crippen LogP contribution in [-0.4, -0.2) is 41.5 Å². The Bertz CT molecular complexity index is 212. The molecule has 1 unspecified atom stereocenters. The summed E-state index contributed by atoms with van der Waals surface area (Å²) in [5.41, 5.74) is 0.473. The standard InChI is InChI=1S/C13H25NOS/c15-9-12-5-2-1-3-8-14(12)10-13(11-16)6-4-7-13/h12,15-16H,1-11H2. The molecule has 3 heteroatoms. The van der Waals surface area contributed by atoms with Crippen molar-refractivity contribution in [1.29, 1.82) is 0 Å². The highest BCUT2D eigenvalue weighted by Gasteiger charge is 2.38. The fourth-order valence-electron chi connectivity index (χ4n) is 3.13. The normalized spacial score (nSPS) is 30.8. The predicted octanol–water partition coefficient (Wildman–Crippen LogP) is 2.32. The van der Waals surface area contributed by atoms with Crippen LogP contribution in [0.4, 0.5) is 0 Å². The van der Waals surface area contributed by atoms with E-state index in [9.17, 15) is 5.11 Å². The average Bonchev–Trinajstić information content (AvgIpc) is 2.48. The molecule has 0 aromatic heterocycles. The molecule has 1 atom stereocenters. The van der Waals surface area contributed by atoms with Crippen LogP contribution in [0.2, 0.25) is 0 Å². The molecule has 1 heterocycles. The molecular formula is C13H25NOS. The van der Waals surface area contributed by atoms with Gasteiger partial charge >= 0.3 is 0 Å². The van der Waals surface area contributed by atoms with Crippen molar-refractivity contribution in [3.05, 3.63) is 0 Å². The van der Waals surface area contributed by atoms with E-state index in [0.29, 0.717) is 18.1 Å². The van der Waals surface area contributed by atoms with Crippen molar-refractivity contribution in [1.82, 2.24) is 4.90 Å². The summed E-state index contributed by atoms with van der Waals surface area (Å²) in [7, 11) is 0. The van der Waals surface area contributed by atoms with Crippen molar-refractivity contribution in [2.75, 3.05) is 25.4 Å². The second-order valence-electron chi connectivity index (χ2n) is 5.67. The zero-order chi connectivity index (χ0) is 11.4. The summed E-state index contributed by atoms with van der Waals surface area (Å²) in [6.07, 6.45) is 9.16. The summed E-state index contributed by atoms with van der Waals surface area (Å²) in [5.74, 6) is 1.02. The van der Waals surface area contributed by atoms with Crippen LogP contribution >= 0.6 is 12.6 Å². The van der Waals surface area contributed by atoms with E-state index >= 15 is 0 Å². The smallest absolute Gasteiger partial charge is 0.0586 e. The maximum atomic E-state index is 9.49. The van der Waals surface area contributed by atoms with Crippen LogP contribution in [-0.2, 0) is 0 Å². The number of likely N-dealkylation sites (tertiary alicyclic amines) is 1. The van der Waals surface area contributed by atoms with Crippen LogP contribution in [0.3, 0.4) is 0 Å². The van der Waals surface area contributed by atoms with Crippen LogP contribution < -0.4 is 0 Å². The highest BCUT2D eigenvalue weighted by molar-refractivity contribution is 7.80. The lowest BCUT2D eigenvalue weighted by molar-refractivity contribution is 0.0444. The van der Waals surface area contributed by atoms with E-state index in [-0.39, 0.29) is 0 Å². The molecule has 1 saturated heterocycles. The first-order valence-electron chi connectivity index (χ1n) is 6.75. The van der Waals surface area contributed by atoms with Crippen LogP contribution in [0.25, 0.3) is 0 Å². The van der Waals surface area contributed by atoms with Gasteiger partial charge in [0.15, 0.2) is 0 Å². The molecule has 0 radical (unpaired) electrons. The van der Waals surface area contributed by atoms with Gasteiger partial charge in [-0.05, 0) is 43.4 Å². The maximum Gasteiger partial charge on any atom is 0.0586 e. The lowest BCUT2D eigenvalue weighted by Gasteiger charge is -2.45. The summed E-state index contributed by atoms with van der Waals surface area (Å²) < 4.78 is 0. The fraction of sp³-hybridized carbons (Fsp3) is 1.00. The molecular weight excluding hydrogens is 218 g/mol. The highest BCUT2D eigenvalue weighted by atomic mass is 32.1. The first-order chi connectivity index (χ1) is 7.79. The number of rotatable bonds is 4. The van der Waals surface area contributed by atoms with Gasteiger partial charge in [0.1, 0.15) is 0 Å². The largest absolute Gasteiger partial charge is 0.395 e. The van der Waals surface area contributed by atoms with Gasteiger partial charge in [-0.2, -0.15) is 12.6 Å². The third-order valence-electron chi connectivity index (χ3n) is 4.50. The van der Waals surface area contributed by atoms with Crippen molar-refractivity contribution in [2.45, 2.75) is 51.0 Å². The molecule has 1 aliphatic heterocycles. The van der Waals surface area contributed by atoms with Crippen molar-refractivity contribution in [3.63, 3.8) is 0 Å². The van der Waals surface area contributed by atoms with Gasteiger partial charge in [-0.1, -0.05) is 19.3 Å². The predicted molar refractivity (Wildman–Crippen MR) is 71.1 cm³/mol. The lowest BCUT2D eigenvalue weighted by Crippen LogP contribution is -2.48. The van der Waals surface area contributed by atoms with Crippen molar-refractivity contribution in [3.8, 4) is 0 Å². The first kappa shape index (κ1) is 12.7. The molecule has 0 bridgehead atoms. The second kappa shape index (κ2) is 5.74. The topological polar surface area (TPSA) is 23.5 Å². The number of aliphatic hydroxyl groups excluding tert-OH is 1. The molecule has 0 spiro atoms. The minimum Gasteiger partial charge on any atom is -0.395 e. The summed E-state index contributed by atoms with van der Waals surface area (Å²) >= 11 is 4.53. The van der Waals surface area contributed by atoms with Gasteiger partial charge in [-0.25, -0.2) is 0 Å². The maximum absolute atomic E-state index is 9.49. The molecule has 1 saturated carbocycles. The molecule has 2 rings (SSSR count). The van der Waals surface area contributed by atoms with Crippen LogP contribution in [0.15, 0.2) is 0 Å². The first-order valence-corrected chi connectivity index (χ1v) is 7.39. The summed E-state index contributed by atoms with van der Waals surface area (Å²) in [6.45, 7) is 2.69. The minimum atomic E-state index is 0.336. The number of hydrogen-bond donors (Lipinski definition) is 2. The van der Waals surface area contributed by atoms with Crippen LogP contribution in [0, 0.1) is 5.41 Å². The molecule has 0 aromatic rings. The monoisotopic (exact) mass is 243 g/mol. The summed E-state index contributed by atoms with van der Waals surface area (Å²) in [4.78, 5) is 2.54. The third-order valence-corrected chi connectivity index (χ3v) is 5.17. The zero-order valence-electron chi connectivity index (χ0n) is 10.2. The van der Waals surface area contributed by atoms with E-state index in [1.165, 1.54) is 58.0 Å². The van der Waals surface area contributed by atoms with Gasteiger partial charge in [-0.15, -0.1) is 0 Å². The minimum absolute atomic E-state index is 0.336. The molecule has 16 heavy (non-hydrogen) atoms. The molecule has 0 aromatic carbocycles. The Balaban J connectivity index is 1.94. The Labute approximate surface area is 105 Å². The van der Waals surface area contributed by atoms with Crippen LogP contribution in [0.5, 0.6) is 0 Å². The van der Waals surface area contributed by atoms with E-state index < -0.39 is 0 Å². The van der Waals surface area contributed by atoms with Gasteiger partial charge in [0.25, 0.3) is 0 Å². The quantitative estimate of drug-likeness (QED) is 0.740. The Morgan fingerprint density at radius 3 is 2.56 bits per heavy atom. The van der Waals surface area contributed by atoms with E-state index in [1.54, 1.807) is 0 Å². The summed E-state index contributed by atoms with van der Waals surface area (Å²) in [6, 6.07) is 0.417. The van der Waals surface area contributed by atoms with E-state index in [2.05, 4.69) is 17.5 Å². The molecule has 2 aliphatic rings. The fourth-order valence-corrected chi connectivity index (χ4v) is 3.54. The van der Waals surface area contributed by atoms with E-state index in [1.807, 2.05) is 0 Å². The van der Waals surface area contributed by atoms with Gasteiger partial charge in [0.2, 0.25) is 0 Å². The summed E-state index contributed by atoms with van der Waals surface area (Å²) in [5, 5.41) is 9.49. The van der Waals surface area contributed by atoms with Gasteiger partial charge in [0, 0.05) is 12.6 Å². The highest BCUT2D eigenvalue weighted by Crippen LogP contribution is 2.43. The number of nitrogens with zero attached hydrogens (tertiary/aromatic N) is 1. The van der Waals surface area contributed by atoms with Gasteiger partial charge in [-0.3, -0.25) is 4.90 Å². The average molecular weight is 243 g/mol. The van der Waals surface area contributed by atoms with Gasteiger partial charge in [0.05, 0.1) is 6.61 Å².